The molecule has 0 bridgehead atoms. The van der Waals surface area contributed by atoms with E-state index in [0.29, 0.717) is 28.7 Å². The molecule has 0 atom stereocenters. The lowest BCUT2D eigenvalue weighted by Crippen LogP contribution is -2.09. The number of hydrogen-bond donors (Lipinski definition) is 2. The number of aromatic amines is 1. The van der Waals surface area contributed by atoms with Gasteiger partial charge in [0.2, 0.25) is 0 Å². The Kier molecular flexibility index (Phi) is 6.07. The molecule has 0 radical (unpaired) electrons. The Morgan fingerprint density at radius 2 is 2.11 bits per heavy atom. The standard InChI is InChI=1S/C19H17N5O2S/c1-2-26-16(25)12-27-19(22-13-7-4-3-5-8-13)14(11-20)17-23-15-9-6-10-21-18(15)24-17/h3-10,22H,2,12H2,1H3,(H,21,23,24)/b19-14+. The molecule has 3 aromatic rings. The third-order valence-corrected chi connectivity index (χ3v) is 4.48. The van der Waals surface area contributed by atoms with Gasteiger partial charge in [-0.2, -0.15) is 5.26 Å². The number of thioether (sulfide) groups is 1. The Balaban J connectivity index is 1.98. The number of anilines is 1. The third-order valence-electron chi connectivity index (χ3n) is 3.50. The number of carbonyl (C=O) groups excluding carboxylic acids is 1. The molecule has 0 spiro atoms. The predicted octanol–water partition coefficient (Wildman–Crippen LogP) is 3.56. The summed E-state index contributed by atoms with van der Waals surface area (Å²) in [5.41, 5.74) is 2.35. The van der Waals surface area contributed by atoms with Gasteiger partial charge >= 0.3 is 5.97 Å². The molecule has 2 aromatic heterocycles. The summed E-state index contributed by atoms with van der Waals surface area (Å²) in [6.07, 6.45) is 1.64. The molecule has 0 aliphatic rings. The van der Waals surface area contributed by atoms with Crippen LogP contribution in [-0.2, 0) is 9.53 Å². The second-order valence-corrected chi connectivity index (χ2v) is 6.35. The van der Waals surface area contributed by atoms with Gasteiger partial charge in [-0.1, -0.05) is 30.0 Å². The highest BCUT2D eigenvalue weighted by Crippen LogP contribution is 2.28. The Bertz CT molecular complexity index is 975. The Hall–Kier alpha value is -3.31. The number of nitrogens with one attached hydrogen (secondary N) is 2. The van der Waals surface area contributed by atoms with Crippen LogP contribution in [-0.4, -0.2) is 33.3 Å². The minimum Gasteiger partial charge on any atom is -0.465 e. The van der Waals surface area contributed by atoms with Crippen molar-refractivity contribution in [2.45, 2.75) is 6.92 Å². The van der Waals surface area contributed by atoms with Crippen molar-refractivity contribution in [3.8, 4) is 6.07 Å². The normalized spacial score (nSPS) is 11.6. The summed E-state index contributed by atoms with van der Waals surface area (Å²) in [5.74, 6) is 0.117. The van der Waals surface area contributed by atoms with Gasteiger partial charge in [0.1, 0.15) is 11.6 Å². The molecular weight excluding hydrogens is 362 g/mol. The third kappa shape index (κ3) is 4.65. The first-order valence-electron chi connectivity index (χ1n) is 8.27. The van der Waals surface area contributed by atoms with Crippen molar-refractivity contribution in [1.29, 1.82) is 5.26 Å². The van der Waals surface area contributed by atoms with Crippen LogP contribution in [0.4, 0.5) is 5.69 Å². The highest BCUT2D eigenvalue weighted by Gasteiger charge is 2.17. The zero-order chi connectivity index (χ0) is 19.1. The molecule has 0 unspecified atom stereocenters. The molecule has 0 aliphatic heterocycles. The minimum absolute atomic E-state index is 0.0761. The highest BCUT2D eigenvalue weighted by atomic mass is 32.2. The average Bonchev–Trinajstić information content (AvgIpc) is 3.11. The number of hydrogen-bond acceptors (Lipinski definition) is 7. The number of carbonyl (C=O) groups is 1. The zero-order valence-electron chi connectivity index (χ0n) is 14.6. The monoisotopic (exact) mass is 379 g/mol. The van der Waals surface area contributed by atoms with E-state index >= 15 is 0 Å². The van der Waals surface area contributed by atoms with Gasteiger partial charge < -0.3 is 15.0 Å². The van der Waals surface area contributed by atoms with Gasteiger partial charge in [0.15, 0.2) is 11.5 Å². The van der Waals surface area contributed by atoms with E-state index in [1.54, 1.807) is 19.2 Å². The lowest BCUT2D eigenvalue weighted by atomic mass is 10.3. The van der Waals surface area contributed by atoms with Crippen LogP contribution in [0, 0.1) is 11.3 Å². The first-order chi connectivity index (χ1) is 13.2. The fourth-order valence-electron chi connectivity index (χ4n) is 2.33. The molecule has 0 saturated carbocycles. The second kappa shape index (κ2) is 8.87. The van der Waals surface area contributed by atoms with Gasteiger partial charge in [-0.3, -0.25) is 4.79 Å². The highest BCUT2D eigenvalue weighted by molar-refractivity contribution is 8.04. The molecule has 2 heterocycles. The molecule has 1 aromatic carbocycles. The van der Waals surface area contributed by atoms with E-state index in [1.807, 2.05) is 36.4 Å². The second-order valence-electron chi connectivity index (χ2n) is 5.36. The van der Waals surface area contributed by atoms with Crippen LogP contribution in [0.25, 0.3) is 16.7 Å². The fraction of sp³-hybridized carbons (Fsp3) is 0.158. The van der Waals surface area contributed by atoms with E-state index in [2.05, 4.69) is 26.3 Å². The minimum atomic E-state index is -0.349. The summed E-state index contributed by atoms with van der Waals surface area (Å²) in [6, 6.07) is 15.2. The SMILES string of the molecule is CCOC(=O)CS/C(Nc1ccccc1)=C(\C#N)c1nc2ncccc2[nH]1. The molecule has 7 nitrogen and oxygen atoms in total. The number of rotatable bonds is 7. The van der Waals surface area contributed by atoms with Crippen molar-refractivity contribution < 1.29 is 9.53 Å². The van der Waals surface area contributed by atoms with Crippen molar-refractivity contribution in [3.63, 3.8) is 0 Å². The summed E-state index contributed by atoms with van der Waals surface area (Å²) in [5, 5.41) is 13.5. The van der Waals surface area contributed by atoms with Crippen LogP contribution in [0.3, 0.4) is 0 Å². The smallest absolute Gasteiger partial charge is 0.316 e. The molecule has 2 N–H and O–H groups in total. The van der Waals surface area contributed by atoms with E-state index in [0.717, 1.165) is 11.2 Å². The van der Waals surface area contributed by atoms with Gasteiger partial charge in [-0.25, -0.2) is 9.97 Å². The number of H-pyrrole nitrogens is 1. The molecule has 0 fully saturated rings. The topological polar surface area (TPSA) is 104 Å². The van der Waals surface area contributed by atoms with Crippen molar-refractivity contribution in [1.82, 2.24) is 15.0 Å². The van der Waals surface area contributed by atoms with Crippen molar-refractivity contribution >= 4 is 40.2 Å². The van der Waals surface area contributed by atoms with Crippen LogP contribution in [0.5, 0.6) is 0 Å². The van der Waals surface area contributed by atoms with E-state index in [9.17, 15) is 10.1 Å². The number of nitriles is 1. The number of ether oxygens (including phenoxy) is 1. The summed E-state index contributed by atoms with van der Waals surface area (Å²) in [6.45, 7) is 2.06. The molecule has 27 heavy (non-hydrogen) atoms. The van der Waals surface area contributed by atoms with Crippen LogP contribution in [0.2, 0.25) is 0 Å². The van der Waals surface area contributed by atoms with Crippen molar-refractivity contribution in [3.05, 3.63) is 59.5 Å². The first kappa shape index (κ1) is 18.5. The largest absolute Gasteiger partial charge is 0.465 e. The molecule has 0 aliphatic carbocycles. The van der Waals surface area contributed by atoms with Gasteiger partial charge in [0, 0.05) is 11.9 Å². The molecule has 136 valence electrons. The van der Waals surface area contributed by atoms with Gasteiger partial charge in [0.05, 0.1) is 22.9 Å². The summed E-state index contributed by atoms with van der Waals surface area (Å²) in [4.78, 5) is 23.5. The average molecular weight is 379 g/mol. The van der Waals surface area contributed by atoms with Crippen LogP contribution >= 0.6 is 11.8 Å². The summed E-state index contributed by atoms with van der Waals surface area (Å²) < 4.78 is 4.98. The maximum Gasteiger partial charge on any atom is 0.316 e. The quantitative estimate of drug-likeness (QED) is 0.478. The van der Waals surface area contributed by atoms with Gasteiger partial charge in [-0.15, -0.1) is 0 Å². The van der Waals surface area contributed by atoms with Crippen LogP contribution in [0.15, 0.2) is 53.7 Å². The lowest BCUT2D eigenvalue weighted by Gasteiger charge is -2.12. The lowest BCUT2D eigenvalue weighted by molar-refractivity contribution is -0.139. The van der Waals surface area contributed by atoms with Crippen LogP contribution in [0.1, 0.15) is 12.7 Å². The molecule has 0 saturated heterocycles. The van der Waals surface area contributed by atoms with Gasteiger partial charge in [0.25, 0.3) is 0 Å². The zero-order valence-corrected chi connectivity index (χ0v) is 15.4. The number of esters is 1. The van der Waals surface area contributed by atoms with E-state index in [-0.39, 0.29) is 11.7 Å². The number of aromatic nitrogens is 3. The number of para-hydroxylation sites is 1. The molecular formula is C19H17N5O2S. The summed E-state index contributed by atoms with van der Waals surface area (Å²) >= 11 is 1.19. The van der Waals surface area contributed by atoms with E-state index in [4.69, 9.17) is 4.74 Å². The maximum atomic E-state index is 11.8. The molecule has 8 heteroatoms. The number of nitrogens with zero attached hydrogens (tertiary/aromatic N) is 3. The fourth-order valence-corrected chi connectivity index (χ4v) is 3.15. The van der Waals surface area contributed by atoms with Crippen molar-refractivity contribution in [2.75, 3.05) is 17.7 Å². The molecule has 0 amide bonds. The van der Waals surface area contributed by atoms with Crippen LogP contribution < -0.4 is 5.32 Å². The Morgan fingerprint density at radius 1 is 1.30 bits per heavy atom. The Labute approximate surface area is 160 Å². The number of benzene rings is 1. The number of pyridine rings is 1. The molecule has 3 rings (SSSR count). The Morgan fingerprint density at radius 3 is 2.81 bits per heavy atom. The maximum absolute atomic E-state index is 11.8. The summed E-state index contributed by atoms with van der Waals surface area (Å²) in [7, 11) is 0. The first-order valence-corrected chi connectivity index (χ1v) is 9.25. The van der Waals surface area contributed by atoms with Gasteiger partial charge in [-0.05, 0) is 31.2 Å². The predicted molar refractivity (Wildman–Crippen MR) is 106 cm³/mol. The number of allylic oxidation sites excluding steroid dienone is 1. The number of imidazole rings is 1. The van der Waals surface area contributed by atoms with E-state index in [1.165, 1.54) is 11.8 Å². The number of fused-ring (bicyclic) bond motifs is 1. The van der Waals surface area contributed by atoms with Crippen molar-refractivity contribution in [2.24, 2.45) is 0 Å². The van der Waals surface area contributed by atoms with E-state index < -0.39 is 0 Å².